The summed E-state index contributed by atoms with van der Waals surface area (Å²) >= 11 is 6.00. The van der Waals surface area contributed by atoms with E-state index in [0.717, 1.165) is 5.56 Å². The number of anilines is 1. The molecule has 0 aromatic heterocycles. The van der Waals surface area contributed by atoms with Gasteiger partial charge < -0.3 is 9.80 Å². The number of imide groups is 1. The molecule has 2 saturated heterocycles. The van der Waals surface area contributed by atoms with E-state index in [-0.39, 0.29) is 30.4 Å². The molecular formula is C23H24ClN3O3. The van der Waals surface area contributed by atoms with Gasteiger partial charge in [-0.2, -0.15) is 0 Å². The Labute approximate surface area is 181 Å². The van der Waals surface area contributed by atoms with E-state index in [0.29, 0.717) is 49.5 Å². The third kappa shape index (κ3) is 4.33. The molecule has 0 spiro atoms. The Bertz CT molecular complexity index is 942. The van der Waals surface area contributed by atoms with E-state index >= 15 is 0 Å². The van der Waals surface area contributed by atoms with E-state index in [4.69, 9.17) is 11.6 Å². The molecule has 2 aliphatic rings. The molecular weight excluding hydrogens is 402 g/mol. The second-order valence-electron chi connectivity index (χ2n) is 7.72. The highest BCUT2D eigenvalue weighted by molar-refractivity contribution is 6.30. The van der Waals surface area contributed by atoms with Gasteiger partial charge in [0.05, 0.1) is 5.69 Å². The first-order valence-corrected chi connectivity index (χ1v) is 10.6. The Morgan fingerprint density at radius 1 is 1.00 bits per heavy atom. The summed E-state index contributed by atoms with van der Waals surface area (Å²) in [5.41, 5.74) is 1.65. The number of nitrogens with zero attached hydrogens (tertiary/aromatic N) is 3. The molecule has 0 unspecified atom stereocenters. The standard InChI is InChI=1S/C23H24ClN3O3/c24-18-6-4-5-17(15-18)9-10-21(28)25-13-11-19(12-14-25)26-16-22(29)27(23(26)30)20-7-2-1-3-8-20/h1-8,15,19H,9-14,16H2. The fourth-order valence-corrected chi connectivity index (χ4v) is 4.38. The monoisotopic (exact) mass is 425 g/mol. The van der Waals surface area contributed by atoms with Crippen LogP contribution < -0.4 is 4.90 Å². The number of urea groups is 1. The van der Waals surface area contributed by atoms with Crippen LogP contribution >= 0.6 is 11.6 Å². The van der Waals surface area contributed by atoms with Crippen LogP contribution in [0.3, 0.4) is 0 Å². The zero-order valence-corrected chi connectivity index (χ0v) is 17.4. The number of benzene rings is 2. The van der Waals surface area contributed by atoms with Gasteiger partial charge in [0.15, 0.2) is 0 Å². The summed E-state index contributed by atoms with van der Waals surface area (Å²) in [4.78, 5) is 42.7. The van der Waals surface area contributed by atoms with Crippen molar-refractivity contribution in [3.63, 3.8) is 0 Å². The van der Waals surface area contributed by atoms with Gasteiger partial charge in [0.25, 0.3) is 5.91 Å². The maximum absolute atomic E-state index is 12.9. The van der Waals surface area contributed by atoms with E-state index in [1.165, 1.54) is 4.90 Å². The quantitative estimate of drug-likeness (QED) is 0.686. The van der Waals surface area contributed by atoms with Crippen LogP contribution in [0.15, 0.2) is 54.6 Å². The van der Waals surface area contributed by atoms with Crippen molar-refractivity contribution >= 4 is 35.1 Å². The van der Waals surface area contributed by atoms with E-state index in [1.54, 1.807) is 17.0 Å². The highest BCUT2D eigenvalue weighted by Crippen LogP contribution is 2.26. The Morgan fingerprint density at radius 2 is 1.73 bits per heavy atom. The zero-order chi connectivity index (χ0) is 21.1. The zero-order valence-electron chi connectivity index (χ0n) is 16.7. The molecule has 7 heteroatoms. The van der Waals surface area contributed by atoms with Gasteiger partial charge in [0, 0.05) is 30.6 Å². The second kappa shape index (κ2) is 8.88. The molecule has 2 aromatic rings. The average molecular weight is 426 g/mol. The highest BCUT2D eigenvalue weighted by atomic mass is 35.5. The number of amides is 4. The summed E-state index contributed by atoms with van der Waals surface area (Å²) in [6.45, 7) is 1.30. The number of hydrogen-bond donors (Lipinski definition) is 0. The minimum Gasteiger partial charge on any atom is -0.343 e. The summed E-state index contributed by atoms with van der Waals surface area (Å²) in [6, 6.07) is 16.3. The molecule has 0 aliphatic carbocycles. The number of aryl methyl sites for hydroxylation is 1. The molecule has 2 aromatic carbocycles. The third-order valence-corrected chi connectivity index (χ3v) is 6.02. The predicted molar refractivity (Wildman–Crippen MR) is 115 cm³/mol. The minimum atomic E-state index is -0.267. The van der Waals surface area contributed by atoms with Gasteiger partial charge in [0.2, 0.25) is 5.91 Å². The highest BCUT2D eigenvalue weighted by Gasteiger charge is 2.41. The summed E-state index contributed by atoms with van der Waals surface area (Å²) in [6.07, 6.45) is 2.47. The maximum atomic E-state index is 12.9. The van der Waals surface area contributed by atoms with Crippen molar-refractivity contribution in [3.05, 3.63) is 65.2 Å². The third-order valence-electron chi connectivity index (χ3n) is 5.78. The van der Waals surface area contributed by atoms with Crippen LogP contribution in [-0.2, 0) is 16.0 Å². The number of carbonyl (C=O) groups excluding carboxylic acids is 3. The van der Waals surface area contributed by atoms with E-state index < -0.39 is 0 Å². The SMILES string of the molecule is O=C(CCc1cccc(Cl)c1)N1CCC(N2CC(=O)N(c3ccccc3)C2=O)CC1. The first kappa shape index (κ1) is 20.4. The van der Waals surface area contributed by atoms with Crippen LogP contribution in [-0.4, -0.2) is 53.3 Å². The normalized spacial score (nSPS) is 17.7. The van der Waals surface area contributed by atoms with Crippen molar-refractivity contribution in [3.8, 4) is 0 Å². The van der Waals surface area contributed by atoms with Crippen LogP contribution in [0, 0.1) is 0 Å². The Hall–Kier alpha value is -2.86. The van der Waals surface area contributed by atoms with Crippen LogP contribution in [0.2, 0.25) is 5.02 Å². The number of halogens is 1. The molecule has 2 aliphatic heterocycles. The summed E-state index contributed by atoms with van der Waals surface area (Å²) < 4.78 is 0. The largest absolute Gasteiger partial charge is 0.343 e. The van der Waals surface area contributed by atoms with Crippen LogP contribution in [0.4, 0.5) is 10.5 Å². The maximum Gasteiger partial charge on any atom is 0.332 e. The van der Waals surface area contributed by atoms with Gasteiger partial charge in [-0.1, -0.05) is 41.9 Å². The van der Waals surface area contributed by atoms with Gasteiger partial charge in [-0.15, -0.1) is 0 Å². The van der Waals surface area contributed by atoms with Crippen molar-refractivity contribution in [1.29, 1.82) is 0 Å². The lowest BCUT2D eigenvalue weighted by atomic mass is 10.0. The number of piperidine rings is 1. The molecule has 2 heterocycles. The topological polar surface area (TPSA) is 60.9 Å². The molecule has 30 heavy (non-hydrogen) atoms. The summed E-state index contributed by atoms with van der Waals surface area (Å²) in [5, 5.41) is 0.676. The number of carbonyl (C=O) groups is 3. The first-order chi connectivity index (χ1) is 14.5. The van der Waals surface area contributed by atoms with Crippen LogP contribution in [0.5, 0.6) is 0 Å². The Morgan fingerprint density at radius 3 is 2.43 bits per heavy atom. The van der Waals surface area contributed by atoms with Gasteiger partial charge in [-0.3, -0.25) is 9.59 Å². The molecule has 0 radical (unpaired) electrons. The second-order valence-corrected chi connectivity index (χ2v) is 8.15. The molecule has 0 atom stereocenters. The van der Waals surface area contributed by atoms with Crippen molar-refractivity contribution in [2.75, 3.05) is 24.5 Å². The molecule has 6 nitrogen and oxygen atoms in total. The Kier molecular flexibility index (Phi) is 6.04. The van der Waals surface area contributed by atoms with Gasteiger partial charge >= 0.3 is 6.03 Å². The van der Waals surface area contributed by atoms with Crippen LogP contribution in [0.1, 0.15) is 24.8 Å². The number of likely N-dealkylation sites (tertiary alicyclic amines) is 1. The Balaban J connectivity index is 1.30. The molecule has 0 bridgehead atoms. The molecule has 2 fully saturated rings. The smallest absolute Gasteiger partial charge is 0.332 e. The number of rotatable bonds is 5. The van der Waals surface area contributed by atoms with Gasteiger partial charge in [-0.25, -0.2) is 9.69 Å². The summed E-state index contributed by atoms with van der Waals surface area (Å²) in [5.74, 6) is -0.0885. The van der Waals surface area contributed by atoms with Crippen molar-refractivity contribution < 1.29 is 14.4 Å². The lowest BCUT2D eigenvalue weighted by Crippen LogP contribution is -2.48. The summed E-state index contributed by atoms with van der Waals surface area (Å²) in [7, 11) is 0. The predicted octanol–water partition coefficient (Wildman–Crippen LogP) is 3.73. The van der Waals surface area contributed by atoms with Crippen LogP contribution in [0.25, 0.3) is 0 Å². The van der Waals surface area contributed by atoms with E-state index in [2.05, 4.69) is 0 Å². The molecule has 0 saturated carbocycles. The molecule has 4 amide bonds. The molecule has 0 N–H and O–H groups in total. The van der Waals surface area contributed by atoms with Crippen molar-refractivity contribution in [1.82, 2.24) is 9.80 Å². The van der Waals surface area contributed by atoms with E-state index in [1.807, 2.05) is 47.4 Å². The fraction of sp³-hybridized carbons (Fsp3) is 0.348. The minimum absolute atomic E-state index is 0.0212. The van der Waals surface area contributed by atoms with Crippen molar-refractivity contribution in [2.24, 2.45) is 0 Å². The van der Waals surface area contributed by atoms with Gasteiger partial charge in [0.1, 0.15) is 6.54 Å². The average Bonchev–Trinajstić information content (AvgIpc) is 3.06. The van der Waals surface area contributed by atoms with E-state index in [9.17, 15) is 14.4 Å². The molecule has 156 valence electrons. The lowest BCUT2D eigenvalue weighted by Gasteiger charge is -2.36. The number of hydrogen-bond acceptors (Lipinski definition) is 3. The first-order valence-electron chi connectivity index (χ1n) is 10.2. The molecule has 4 rings (SSSR count). The fourth-order valence-electron chi connectivity index (χ4n) is 4.16. The van der Waals surface area contributed by atoms with Gasteiger partial charge in [-0.05, 0) is 49.1 Å². The number of para-hydroxylation sites is 1. The lowest BCUT2D eigenvalue weighted by molar-refractivity contribution is -0.132. The van der Waals surface area contributed by atoms with Crippen molar-refractivity contribution in [2.45, 2.75) is 31.7 Å².